The number of carboxylic acids is 1. The molecule has 0 spiro atoms. The summed E-state index contributed by atoms with van der Waals surface area (Å²) < 4.78 is 88.0. The van der Waals surface area contributed by atoms with Crippen LogP contribution in [0.2, 0.25) is 0 Å². The number of ether oxygens (including phenoxy) is 2. The normalized spacial score (nSPS) is 14.2. The Labute approximate surface area is 306 Å². The van der Waals surface area contributed by atoms with Crippen LogP contribution in [-0.2, 0) is 35.4 Å². The molecule has 0 bridgehead atoms. The largest absolute Gasteiger partial charge is 0.476 e. The molecule has 4 N–H and O–H groups in total. The van der Waals surface area contributed by atoms with Crippen LogP contribution in [0.15, 0.2) is 0 Å². The summed E-state index contributed by atoms with van der Waals surface area (Å²) in [5, 5.41) is 11.3. The maximum atomic E-state index is 12.2. The molecule has 3 amide bonds. The Morgan fingerprint density at radius 1 is 0.769 bits per heavy atom. The summed E-state index contributed by atoms with van der Waals surface area (Å²) in [6.07, 6.45) is -10.1. The first-order valence-electron chi connectivity index (χ1n) is 15.6. The summed E-state index contributed by atoms with van der Waals surface area (Å²) in [5.41, 5.74) is 4.74. The van der Waals surface area contributed by atoms with Gasteiger partial charge in [-0.3, -0.25) is 4.79 Å². The topological polar surface area (TPSA) is 177 Å². The molecule has 21 heteroatoms. The molecule has 0 radical (unpaired) electrons. The van der Waals surface area contributed by atoms with E-state index in [1.807, 2.05) is 0 Å². The molecule has 0 saturated heterocycles. The van der Waals surface area contributed by atoms with Crippen LogP contribution in [0.25, 0.3) is 0 Å². The van der Waals surface area contributed by atoms with Crippen molar-refractivity contribution in [2.24, 2.45) is 5.73 Å². The van der Waals surface area contributed by atoms with Crippen molar-refractivity contribution in [1.82, 2.24) is 23.9 Å². The number of fused-ring (bicyclic) bond motifs is 2. The van der Waals surface area contributed by atoms with Crippen molar-refractivity contribution in [3.63, 3.8) is 0 Å². The van der Waals surface area contributed by atoms with Crippen LogP contribution >= 0.6 is 23.1 Å². The zero-order valence-electron chi connectivity index (χ0n) is 28.9. The Morgan fingerprint density at radius 3 is 1.52 bits per heavy atom. The van der Waals surface area contributed by atoms with E-state index >= 15 is 0 Å². The van der Waals surface area contributed by atoms with Gasteiger partial charge in [0.25, 0.3) is 5.91 Å². The van der Waals surface area contributed by atoms with Gasteiger partial charge in [0.15, 0.2) is 5.69 Å². The highest BCUT2D eigenvalue weighted by molar-refractivity contribution is 7.06. The lowest BCUT2D eigenvalue weighted by Gasteiger charge is -2.30. The van der Waals surface area contributed by atoms with Crippen molar-refractivity contribution in [3.05, 3.63) is 32.3 Å². The van der Waals surface area contributed by atoms with Crippen molar-refractivity contribution >= 4 is 47.1 Å². The molecule has 2 aromatic heterocycles. The van der Waals surface area contributed by atoms with Crippen molar-refractivity contribution in [1.29, 1.82) is 0 Å². The van der Waals surface area contributed by atoms with Gasteiger partial charge in [0.2, 0.25) is 0 Å². The number of carbonyl (C=O) groups is 4. The van der Waals surface area contributed by atoms with E-state index in [1.165, 1.54) is 21.3 Å². The SMILES string of the molecule is C.CC(C)(C)OC(=O)N1CCc2snc(C(=O)NCCC(F)(F)F)c2C1.CC(C)(C)OC(=O)N1CCc2snc(C(=O)O)c2C1.NCCC(F)(F)F. The molecule has 4 heterocycles. The summed E-state index contributed by atoms with van der Waals surface area (Å²) in [7, 11) is 0. The Hall–Kier alpha value is -3.72. The molecular formula is C31H46F6N6O7S2. The number of hydrogen-bond donors (Lipinski definition) is 3. The maximum absolute atomic E-state index is 12.2. The molecule has 0 aromatic carbocycles. The third-order valence-electron chi connectivity index (χ3n) is 6.50. The summed E-state index contributed by atoms with van der Waals surface area (Å²) in [6, 6.07) is 0. The fourth-order valence-corrected chi connectivity index (χ4v) is 5.99. The Morgan fingerprint density at radius 2 is 1.17 bits per heavy atom. The molecule has 296 valence electrons. The number of rotatable bonds is 5. The molecule has 0 fully saturated rings. The second-order valence-electron chi connectivity index (χ2n) is 13.2. The first-order valence-corrected chi connectivity index (χ1v) is 17.1. The predicted molar refractivity (Wildman–Crippen MR) is 181 cm³/mol. The molecule has 0 unspecified atom stereocenters. The predicted octanol–water partition coefficient (Wildman–Crippen LogP) is 6.79. The number of carboxylic acid groups (broad SMARTS) is 1. The summed E-state index contributed by atoms with van der Waals surface area (Å²) in [4.78, 5) is 52.1. The number of aromatic nitrogens is 2. The van der Waals surface area contributed by atoms with Crippen molar-refractivity contribution in [3.8, 4) is 0 Å². The van der Waals surface area contributed by atoms with Gasteiger partial charge in [-0.2, -0.15) is 35.1 Å². The molecule has 52 heavy (non-hydrogen) atoms. The molecule has 2 aliphatic heterocycles. The second kappa shape index (κ2) is 18.9. The van der Waals surface area contributed by atoms with E-state index in [0.29, 0.717) is 37.1 Å². The molecule has 0 aliphatic carbocycles. The number of nitrogens with one attached hydrogen (secondary N) is 1. The molecule has 2 aromatic rings. The van der Waals surface area contributed by atoms with E-state index in [-0.39, 0.29) is 38.4 Å². The highest BCUT2D eigenvalue weighted by Crippen LogP contribution is 2.29. The van der Waals surface area contributed by atoms with Crippen LogP contribution in [0.1, 0.15) is 104 Å². The standard InChI is InChI=1S/C15H20F3N3O3S.C12H16N2O4S.C3H6F3N.CH4/c1-14(2,3)24-13(23)21-7-4-10-9(8-21)11(20-25-10)12(22)19-6-5-15(16,17)18;1-12(2,3)18-11(17)14-5-4-8-7(6-14)9(10(15)16)13-19-8;4-3(5,6)1-2-7;/h4-8H2,1-3H3,(H,19,22);4-6H2,1-3H3,(H,15,16);1-2,7H2;1H4. The third-order valence-corrected chi connectivity index (χ3v) is 8.39. The highest BCUT2D eigenvalue weighted by atomic mass is 32.1. The highest BCUT2D eigenvalue weighted by Gasteiger charge is 2.33. The van der Waals surface area contributed by atoms with E-state index in [1.54, 1.807) is 41.5 Å². The average molecular weight is 793 g/mol. The Bertz CT molecular complexity index is 1520. The lowest BCUT2D eigenvalue weighted by atomic mass is 10.1. The van der Waals surface area contributed by atoms with Crippen LogP contribution in [0.5, 0.6) is 0 Å². The Kier molecular flexibility index (Phi) is 16.8. The van der Waals surface area contributed by atoms with Gasteiger partial charge in [-0.25, -0.2) is 14.4 Å². The molecule has 4 rings (SSSR count). The molecule has 13 nitrogen and oxygen atoms in total. The van der Waals surface area contributed by atoms with Crippen LogP contribution in [0, 0.1) is 0 Å². The molecule has 0 saturated carbocycles. The lowest BCUT2D eigenvalue weighted by molar-refractivity contribution is -0.133. The maximum Gasteiger partial charge on any atom is 0.410 e. The minimum absolute atomic E-state index is 0. The van der Waals surface area contributed by atoms with Crippen LogP contribution in [-0.4, -0.2) is 97.5 Å². The smallest absolute Gasteiger partial charge is 0.410 e. The summed E-state index contributed by atoms with van der Waals surface area (Å²) >= 11 is 2.33. The number of amides is 3. The number of halogens is 6. The van der Waals surface area contributed by atoms with Crippen LogP contribution in [0.4, 0.5) is 35.9 Å². The van der Waals surface area contributed by atoms with Crippen molar-refractivity contribution < 1.29 is 60.1 Å². The average Bonchev–Trinajstić information content (AvgIpc) is 3.58. The lowest BCUT2D eigenvalue weighted by Crippen LogP contribution is -2.40. The first kappa shape index (κ1) is 46.3. The fourth-order valence-electron chi connectivity index (χ4n) is 4.29. The zero-order valence-corrected chi connectivity index (χ0v) is 30.6. The van der Waals surface area contributed by atoms with E-state index in [4.69, 9.17) is 14.6 Å². The van der Waals surface area contributed by atoms with Gasteiger partial charge in [0.05, 0.1) is 25.9 Å². The van der Waals surface area contributed by atoms with E-state index in [2.05, 4.69) is 19.8 Å². The number of hydrogen-bond acceptors (Lipinski definition) is 11. The van der Waals surface area contributed by atoms with Gasteiger partial charge in [-0.05, 0) is 64.6 Å². The number of aromatic carboxylic acids is 1. The number of alkyl halides is 6. The van der Waals surface area contributed by atoms with Crippen molar-refractivity contribution in [2.45, 2.75) is 111 Å². The van der Waals surface area contributed by atoms with Crippen LogP contribution < -0.4 is 11.1 Å². The van der Waals surface area contributed by atoms with E-state index in [9.17, 15) is 45.5 Å². The van der Waals surface area contributed by atoms with E-state index in [0.717, 1.165) is 21.3 Å². The summed E-state index contributed by atoms with van der Waals surface area (Å²) in [6.45, 7) is 11.2. The Balaban J connectivity index is 0.000000443. The van der Waals surface area contributed by atoms with Crippen LogP contribution in [0.3, 0.4) is 0 Å². The number of carbonyl (C=O) groups excluding carboxylic acids is 3. The monoisotopic (exact) mass is 792 g/mol. The second-order valence-corrected chi connectivity index (χ2v) is 15.0. The van der Waals surface area contributed by atoms with Gasteiger partial charge in [0, 0.05) is 59.9 Å². The van der Waals surface area contributed by atoms with Gasteiger partial charge in [-0.15, -0.1) is 0 Å². The van der Waals surface area contributed by atoms with E-state index < -0.39 is 67.0 Å². The quantitative estimate of drug-likeness (QED) is 0.274. The minimum Gasteiger partial charge on any atom is -0.476 e. The van der Waals surface area contributed by atoms with Crippen molar-refractivity contribution in [2.75, 3.05) is 26.2 Å². The first-order chi connectivity index (χ1) is 23.3. The van der Waals surface area contributed by atoms with Gasteiger partial charge in [0.1, 0.15) is 16.9 Å². The number of nitrogens with two attached hydrogens (primary N) is 1. The third kappa shape index (κ3) is 15.9. The molecule has 0 atom stereocenters. The van der Waals surface area contributed by atoms with Gasteiger partial charge in [-0.1, -0.05) is 7.43 Å². The van der Waals surface area contributed by atoms with Gasteiger partial charge >= 0.3 is 30.5 Å². The molecule has 2 aliphatic rings. The zero-order chi connectivity index (χ0) is 38.9. The molecular weight excluding hydrogens is 746 g/mol. The number of nitrogens with zero attached hydrogens (tertiary/aromatic N) is 4. The minimum atomic E-state index is -4.33. The van der Waals surface area contributed by atoms with Gasteiger partial charge < -0.3 is 35.4 Å². The summed E-state index contributed by atoms with van der Waals surface area (Å²) in [5.74, 6) is -1.71. The fraction of sp³-hybridized carbons (Fsp3) is 0.677.